The van der Waals surface area contributed by atoms with Crippen LogP contribution in [0.15, 0.2) is 11.6 Å². The lowest BCUT2D eigenvalue weighted by Gasteiger charge is -2.19. The minimum atomic E-state index is -0.422. The fourth-order valence-corrected chi connectivity index (χ4v) is 1.20. The van der Waals surface area contributed by atoms with Crippen LogP contribution < -0.4 is 0 Å². The molecule has 2 unspecified atom stereocenters. The molecule has 0 bridgehead atoms. The van der Waals surface area contributed by atoms with E-state index in [9.17, 15) is 0 Å². The van der Waals surface area contributed by atoms with Crippen molar-refractivity contribution < 1.29 is 10.2 Å². The lowest BCUT2D eigenvalue weighted by molar-refractivity contribution is 0.0939. The average molecular weight is 128 g/mol. The summed E-state index contributed by atoms with van der Waals surface area (Å²) in [6.45, 7) is 1.92. The van der Waals surface area contributed by atoms with Gasteiger partial charge in [0.2, 0.25) is 0 Å². The molecule has 1 aliphatic carbocycles. The van der Waals surface area contributed by atoms with Crippen LogP contribution in [0, 0.1) is 0 Å². The molecule has 0 heterocycles. The smallest absolute Gasteiger partial charge is 0.0748 e. The molecule has 0 amide bonds. The van der Waals surface area contributed by atoms with E-state index in [2.05, 4.69) is 0 Å². The van der Waals surface area contributed by atoms with Gasteiger partial charge in [-0.05, 0) is 13.3 Å². The lowest BCUT2D eigenvalue weighted by atomic mass is 9.96. The van der Waals surface area contributed by atoms with Crippen molar-refractivity contribution in [3.63, 3.8) is 0 Å². The van der Waals surface area contributed by atoms with Gasteiger partial charge in [0.1, 0.15) is 0 Å². The first-order chi connectivity index (χ1) is 4.18. The number of hydrogen-bond donors (Lipinski definition) is 2. The van der Waals surface area contributed by atoms with Gasteiger partial charge in [-0.3, -0.25) is 0 Å². The quantitative estimate of drug-likeness (QED) is 0.465. The number of hydrogen-bond acceptors (Lipinski definition) is 2. The summed E-state index contributed by atoms with van der Waals surface area (Å²) in [6.07, 6.45) is 2.26. The molecule has 0 aromatic heterocycles. The van der Waals surface area contributed by atoms with Gasteiger partial charge in [0.25, 0.3) is 0 Å². The fraction of sp³-hybridized carbons (Fsp3) is 0.714. The second-order valence-electron chi connectivity index (χ2n) is 2.67. The third kappa shape index (κ3) is 1.80. The summed E-state index contributed by atoms with van der Waals surface area (Å²) in [4.78, 5) is 0. The van der Waals surface area contributed by atoms with Crippen molar-refractivity contribution in [3.8, 4) is 0 Å². The molecular weight excluding hydrogens is 116 g/mol. The lowest BCUT2D eigenvalue weighted by Crippen LogP contribution is -2.20. The molecule has 0 aromatic carbocycles. The van der Waals surface area contributed by atoms with Crippen LogP contribution in [-0.4, -0.2) is 22.4 Å². The van der Waals surface area contributed by atoms with Gasteiger partial charge in [-0.2, -0.15) is 0 Å². The molecule has 0 fully saturated rings. The molecule has 0 saturated carbocycles. The summed E-state index contributed by atoms with van der Waals surface area (Å²) in [5.74, 6) is 0. The van der Waals surface area contributed by atoms with Gasteiger partial charge < -0.3 is 10.2 Å². The number of aliphatic hydroxyl groups is 2. The topological polar surface area (TPSA) is 40.5 Å². The second kappa shape index (κ2) is 2.50. The minimum Gasteiger partial charge on any atom is -0.393 e. The summed E-state index contributed by atoms with van der Waals surface area (Å²) in [6, 6.07) is 0. The summed E-state index contributed by atoms with van der Waals surface area (Å²) in [7, 11) is 0. The summed E-state index contributed by atoms with van der Waals surface area (Å²) in [5.41, 5.74) is 1.08. The molecule has 9 heavy (non-hydrogen) atoms. The first kappa shape index (κ1) is 6.78. The number of rotatable bonds is 0. The third-order valence-corrected chi connectivity index (χ3v) is 1.55. The fourth-order valence-electron chi connectivity index (χ4n) is 1.20. The Hall–Kier alpha value is -0.340. The largest absolute Gasteiger partial charge is 0.393 e. The summed E-state index contributed by atoms with van der Waals surface area (Å²) in [5, 5.41) is 18.1. The van der Waals surface area contributed by atoms with E-state index in [0.717, 1.165) is 12.0 Å². The Bertz CT molecular complexity index is 129. The van der Waals surface area contributed by atoms with Gasteiger partial charge in [-0.15, -0.1) is 0 Å². The van der Waals surface area contributed by atoms with Crippen LogP contribution in [0.5, 0.6) is 0 Å². The third-order valence-electron chi connectivity index (χ3n) is 1.55. The van der Waals surface area contributed by atoms with Crippen molar-refractivity contribution >= 4 is 0 Å². The highest BCUT2D eigenvalue weighted by Gasteiger charge is 2.15. The summed E-state index contributed by atoms with van der Waals surface area (Å²) >= 11 is 0. The van der Waals surface area contributed by atoms with Crippen molar-refractivity contribution in [1.82, 2.24) is 0 Å². The highest BCUT2D eigenvalue weighted by atomic mass is 16.3. The molecule has 2 heteroatoms. The van der Waals surface area contributed by atoms with Crippen LogP contribution in [0.1, 0.15) is 19.8 Å². The maximum absolute atomic E-state index is 9.05. The van der Waals surface area contributed by atoms with Crippen LogP contribution in [-0.2, 0) is 0 Å². The molecule has 0 aliphatic heterocycles. The zero-order valence-corrected chi connectivity index (χ0v) is 5.54. The minimum absolute atomic E-state index is 0.329. The Morgan fingerprint density at radius 3 is 2.67 bits per heavy atom. The second-order valence-corrected chi connectivity index (χ2v) is 2.67. The number of aliphatic hydroxyl groups excluding tert-OH is 2. The SMILES string of the molecule is CC1=CC(O)CC(O)C1. The Kier molecular flexibility index (Phi) is 1.88. The predicted molar refractivity (Wildman–Crippen MR) is 35.0 cm³/mol. The van der Waals surface area contributed by atoms with Crippen molar-refractivity contribution in [2.75, 3.05) is 0 Å². The van der Waals surface area contributed by atoms with Crippen molar-refractivity contribution in [2.45, 2.75) is 32.0 Å². The highest BCUT2D eigenvalue weighted by Crippen LogP contribution is 2.17. The molecule has 52 valence electrons. The normalized spacial score (nSPS) is 36.1. The molecule has 2 N–H and O–H groups in total. The Labute approximate surface area is 54.8 Å². The molecule has 2 nitrogen and oxygen atoms in total. The Morgan fingerprint density at radius 2 is 2.22 bits per heavy atom. The van der Waals surface area contributed by atoms with Crippen LogP contribution in [0.3, 0.4) is 0 Å². The van der Waals surface area contributed by atoms with Gasteiger partial charge in [0.05, 0.1) is 12.2 Å². The molecule has 1 aliphatic rings. The zero-order chi connectivity index (χ0) is 6.85. The van der Waals surface area contributed by atoms with Crippen LogP contribution in [0.25, 0.3) is 0 Å². The first-order valence-corrected chi connectivity index (χ1v) is 3.22. The molecule has 1 rings (SSSR count). The molecular formula is C7H12O2. The molecule has 0 saturated heterocycles. The molecule has 0 aromatic rings. The van der Waals surface area contributed by atoms with E-state index in [1.54, 1.807) is 6.08 Å². The highest BCUT2D eigenvalue weighted by molar-refractivity contribution is 5.07. The van der Waals surface area contributed by atoms with Gasteiger partial charge >= 0.3 is 0 Å². The monoisotopic (exact) mass is 128 g/mol. The van der Waals surface area contributed by atoms with Crippen LogP contribution in [0.4, 0.5) is 0 Å². The van der Waals surface area contributed by atoms with E-state index in [1.165, 1.54) is 0 Å². The van der Waals surface area contributed by atoms with Crippen molar-refractivity contribution in [3.05, 3.63) is 11.6 Å². The van der Waals surface area contributed by atoms with Crippen molar-refractivity contribution in [1.29, 1.82) is 0 Å². The van der Waals surface area contributed by atoms with E-state index in [-0.39, 0.29) is 6.10 Å². The van der Waals surface area contributed by atoms with Gasteiger partial charge in [-0.25, -0.2) is 0 Å². The molecule has 0 radical (unpaired) electrons. The Morgan fingerprint density at radius 1 is 1.56 bits per heavy atom. The van der Waals surface area contributed by atoms with Crippen LogP contribution in [0.2, 0.25) is 0 Å². The van der Waals surface area contributed by atoms with Gasteiger partial charge in [-0.1, -0.05) is 11.6 Å². The van der Waals surface area contributed by atoms with Crippen molar-refractivity contribution in [2.24, 2.45) is 0 Å². The van der Waals surface area contributed by atoms with E-state index >= 15 is 0 Å². The van der Waals surface area contributed by atoms with E-state index < -0.39 is 6.10 Å². The predicted octanol–water partition coefficient (Wildman–Crippen LogP) is 0.448. The zero-order valence-electron chi connectivity index (χ0n) is 5.54. The maximum Gasteiger partial charge on any atom is 0.0748 e. The van der Waals surface area contributed by atoms with E-state index in [1.807, 2.05) is 6.92 Å². The molecule has 0 spiro atoms. The average Bonchev–Trinajstić information content (AvgIpc) is 1.59. The Balaban J connectivity index is 2.56. The standard InChI is InChI=1S/C7H12O2/c1-5-2-6(8)4-7(9)3-5/h2,6-9H,3-4H2,1H3. The first-order valence-electron chi connectivity index (χ1n) is 3.22. The van der Waals surface area contributed by atoms with E-state index in [4.69, 9.17) is 10.2 Å². The van der Waals surface area contributed by atoms with Gasteiger partial charge in [0.15, 0.2) is 0 Å². The molecule has 2 atom stereocenters. The van der Waals surface area contributed by atoms with Gasteiger partial charge in [0, 0.05) is 6.42 Å². The summed E-state index contributed by atoms with van der Waals surface area (Å²) < 4.78 is 0. The van der Waals surface area contributed by atoms with Crippen LogP contribution >= 0.6 is 0 Å². The van der Waals surface area contributed by atoms with E-state index in [0.29, 0.717) is 6.42 Å². The maximum atomic E-state index is 9.05.